The molecular weight excluding hydrogens is 310 g/mol. The maximum atomic E-state index is 9.17. The minimum atomic E-state index is -0.717. The number of nitrogens with zero attached hydrogens (tertiary/aromatic N) is 1. The van der Waals surface area contributed by atoms with E-state index in [9.17, 15) is 5.11 Å². The standard InChI is InChI=1S/C22H23NO2/c1-18(24)25-17-16-19-12-14-22(15-13-19)23(20-8-4-2-5-9-20)21-10-6-3-7-11-21/h2-15,18,24H,16-17H2,1H3. The Morgan fingerprint density at radius 1 is 0.760 bits per heavy atom. The number of ether oxygens (including phenoxy) is 1. The topological polar surface area (TPSA) is 32.7 Å². The van der Waals surface area contributed by atoms with E-state index in [1.807, 2.05) is 36.4 Å². The van der Waals surface area contributed by atoms with Crippen LogP contribution in [0.1, 0.15) is 12.5 Å². The summed E-state index contributed by atoms with van der Waals surface area (Å²) in [6.45, 7) is 2.14. The van der Waals surface area contributed by atoms with Gasteiger partial charge in [0, 0.05) is 17.1 Å². The Balaban J connectivity index is 1.84. The second-order valence-electron chi connectivity index (χ2n) is 5.89. The molecule has 0 aliphatic heterocycles. The lowest BCUT2D eigenvalue weighted by Gasteiger charge is -2.25. The lowest BCUT2D eigenvalue weighted by atomic mass is 10.1. The first-order valence-electron chi connectivity index (χ1n) is 8.53. The number of aliphatic hydroxyl groups excluding tert-OH is 1. The second kappa shape index (κ2) is 8.47. The van der Waals surface area contributed by atoms with E-state index >= 15 is 0 Å². The van der Waals surface area contributed by atoms with E-state index in [0.717, 1.165) is 23.5 Å². The van der Waals surface area contributed by atoms with Crippen molar-refractivity contribution in [2.24, 2.45) is 0 Å². The molecule has 3 aromatic rings. The molecule has 0 heterocycles. The Labute approximate surface area is 149 Å². The average molecular weight is 333 g/mol. The first-order valence-corrected chi connectivity index (χ1v) is 8.53. The van der Waals surface area contributed by atoms with Crippen LogP contribution in [0, 0.1) is 0 Å². The van der Waals surface area contributed by atoms with Gasteiger partial charge in [-0.05, 0) is 55.3 Å². The summed E-state index contributed by atoms with van der Waals surface area (Å²) in [6.07, 6.45) is 0.0629. The van der Waals surface area contributed by atoms with Crippen molar-refractivity contribution in [3.63, 3.8) is 0 Å². The van der Waals surface area contributed by atoms with Crippen molar-refractivity contribution in [2.45, 2.75) is 19.6 Å². The van der Waals surface area contributed by atoms with Gasteiger partial charge in [-0.1, -0.05) is 48.5 Å². The van der Waals surface area contributed by atoms with Crippen LogP contribution < -0.4 is 4.90 Å². The Kier molecular flexibility index (Phi) is 5.83. The first-order chi connectivity index (χ1) is 12.2. The summed E-state index contributed by atoms with van der Waals surface area (Å²) in [5.74, 6) is 0. The molecule has 0 spiro atoms. The summed E-state index contributed by atoms with van der Waals surface area (Å²) in [7, 11) is 0. The molecule has 0 aromatic heterocycles. The number of hydrogen-bond donors (Lipinski definition) is 1. The molecule has 1 atom stereocenters. The number of aliphatic hydroxyl groups is 1. The van der Waals surface area contributed by atoms with E-state index in [2.05, 4.69) is 53.4 Å². The predicted molar refractivity (Wildman–Crippen MR) is 102 cm³/mol. The molecule has 3 rings (SSSR count). The van der Waals surface area contributed by atoms with Gasteiger partial charge in [-0.2, -0.15) is 0 Å². The van der Waals surface area contributed by atoms with Crippen molar-refractivity contribution < 1.29 is 9.84 Å². The lowest BCUT2D eigenvalue weighted by Crippen LogP contribution is -2.10. The fraction of sp³-hybridized carbons (Fsp3) is 0.182. The Morgan fingerprint density at radius 3 is 1.72 bits per heavy atom. The average Bonchev–Trinajstić information content (AvgIpc) is 2.65. The smallest absolute Gasteiger partial charge is 0.151 e. The van der Waals surface area contributed by atoms with Crippen molar-refractivity contribution in [3.8, 4) is 0 Å². The molecule has 0 aliphatic rings. The maximum absolute atomic E-state index is 9.17. The molecule has 0 amide bonds. The summed E-state index contributed by atoms with van der Waals surface area (Å²) in [5, 5.41) is 9.17. The van der Waals surface area contributed by atoms with Gasteiger partial charge in [0.05, 0.1) is 6.61 Å². The van der Waals surface area contributed by atoms with Gasteiger partial charge in [-0.25, -0.2) is 0 Å². The summed E-state index contributed by atoms with van der Waals surface area (Å²) >= 11 is 0. The molecule has 0 radical (unpaired) electrons. The maximum Gasteiger partial charge on any atom is 0.151 e. The van der Waals surface area contributed by atoms with Gasteiger partial charge in [0.15, 0.2) is 6.29 Å². The van der Waals surface area contributed by atoms with Crippen molar-refractivity contribution in [1.82, 2.24) is 0 Å². The van der Waals surface area contributed by atoms with E-state index in [4.69, 9.17) is 4.74 Å². The zero-order valence-corrected chi connectivity index (χ0v) is 14.4. The molecule has 1 N–H and O–H groups in total. The second-order valence-corrected chi connectivity index (χ2v) is 5.89. The van der Waals surface area contributed by atoms with Crippen LogP contribution in [0.5, 0.6) is 0 Å². The molecule has 128 valence electrons. The van der Waals surface area contributed by atoms with Crippen molar-refractivity contribution >= 4 is 17.1 Å². The van der Waals surface area contributed by atoms with Gasteiger partial charge in [0.25, 0.3) is 0 Å². The highest BCUT2D eigenvalue weighted by Gasteiger charge is 2.11. The number of rotatable bonds is 7. The molecule has 3 nitrogen and oxygen atoms in total. The minimum absolute atomic E-state index is 0.512. The van der Waals surface area contributed by atoms with Gasteiger partial charge < -0.3 is 14.7 Å². The highest BCUT2D eigenvalue weighted by molar-refractivity contribution is 5.76. The van der Waals surface area contributed by atoms with Crippen LogP contribution in [0.15, 0.2) is 84.9 Å². The van der Waals surface area contributed by atoms with Crippen molar-refractivity contribution in [2.75, 3.05) is 11.5 Å². The van der Waals surface area contributed by atoms with Gasteiger partial charge in [0.2, 0.25) is 0 Å². The van der Waals surface area contributed by atoms with Crippen LogP contribution in [0.25, 0.3) is 0 Å². The third-order valence-corrected chi connectivity index (χ3v) is 3.97. The quantitative estimate of drug-likeness (QED) is 0.614. The minimum Gasteiger partial charge on any atom is -0.368 e. The molecule has 0 aliphatic carbocycles. The van der Waals surface area contributed by atoms with Gasteiger partial charge in [-0.3, -0.25) is 0 Å². The zero-order valence-electron chi connectivity index (χ0n) is 14.4. The number of anilines is 3. The first kappa shape index (κ1) is 17.2. The van der Waals surface area contributed by atoms with E-state index in [0.29, 0.717) is 6.61 Å². The van der Waals surface area contributed by atoms with E-state index in [1.54, 1.807) is 6.92 Å². The van der Waals surface area contributed by atoms with E-state index < -0.39 is 6.29 Å². The van der Waals surface area contributed by atoms with Crippen LogP contribution in [0.4, 0.5) is 17.1 Å². The fourth-order valence-corrected chi connectivity index (χ4v) is 2.76. The normalized spacial score (nSPS) is 11.9. The number of para-hydroxylation sites is 2. The van der Waals surface area contributed by atoms with Crippen LogP contribution in [0.3, 0.4) is 0 Å². The summed E-state index contributed by atoms with van der Waals surface area (Å²) < 4.78 is 5.21. The molecule has 25 heavy (non-hydrogen) atoms. The third-order valence-electron chi connectivity index (χ3n) is 3.97. The summed E-state index contributed by atoms with van der Waals surface area (Å²) in [5.41, 5.74) is 4.54. The van der Waals surface area contributed by atoms with Crippen LogP contribution in [0.2, 0.25) is 0 Å². The molecule has 3 heteroatoms. The number of hydrogen-bond acceptors (Lipinski definition) is 3. The fourth-order valence-electron chi connectivity index (χ4n) is 2.76. The molecule has 0 saturated heterocycles. The van der Waals surface area contributed by atoms with Crippen molar-refractivity contribution in [3.05, 3.63) is 90.5 Å². The number of benzene rings is 3. The van der Waals surface area contributed by atoms with Crippen LogP contribution >= 0.6 is 0 Å². The van der Waals surface area contributed by atoms with Crippen LogP contribution in [-0.2, 0) is 11.2 Å². The van der Waals surface area contributed by atoms with Gasteiger partial charge >= 0.3 is 0 Å². The Morgan fingerprint density at radius 2 is 1.24 bits per heavy atom. The molecule has 0 bridgehead atoms. The van der Waals surface area contributed by atoms with Gasteiger partial charge in [-0.15, -0.1) is 0 Å². The summed E-state index contributed by atoms with van der Waals surface area (Å²) in [6, 6.07) is 29.1. The third kappa shape index (κ3) is 4.69. The summed E-state index contributed by atoms with van der Waals surface area (Å²) in [4.78, 5) is 2.23. The molecule has 0 saturated carbocycles. The zero-order chi connectivity index (χ0) is 17.5. The van der Waals surface area contributed by atoms with E-state index in [-0.39, 0.29) is 0 Å². The Bertz CT molecular complexity index is 716. The van der Waals surface area contributed by atoms with Crippen LogP contribution in [-0.4, -0.2) is 18.0 Å². The lowest BCUT2D eigenvalue weighted by molar-refractivity contribution is -0.0838. The molecule has 3 aromatic carbocycles. The highest BCUT2D eigenvalue weighted by Crippen LogP contribution is 2.33. The molecular formula is C22H23NO2. The SMILES string of the molecule is CC(O)OCCc1ccc(N(c2ccccc2)c2ccccc2)cc1. The molecule has 0 fully saturated rings. The van der Waals surface area contributed by atoms with E-state index in [1.165, 1.54) is 5.56 Å². The monoisotopic (exact) mass is 333 g/mol. The Hall–Kier alpha value is -2.62. The largest absolute Gasteiger partial charge is 0.368 e. The predicted octanol–water partition coefficient (Wildman–Crippen LogP) is 5.05. The molecule has 1 unspecified atom stereocenters. The van der Waals surface area contributed by atoms with Gasteiger partial charge in [0.1, 0.15) is 0 Å². The highest BCUT2D eigenvalue weighted by atomic mass is 16.6. The van der Waals surface area contributed by atoms with Crippen molar-refractivity contribution in [1.29, 1.82) is 0 Å².